The third kappa shape index (κ3) is 1.99. The quantitative estimate of drug-likeness (QED) is 0.815. The van der Waals surface area contributed by atoms with E-state index in [1.54, 1.807) is 6.08 Å². The van der Waals surface area contributed by atoms with Gasteiger partial charge < -0.3 is 9.84 Å². The van der Waals surface area contributed by atoms with Gasteiger partial charge in [0.1, 0.15) is 11.9 Å². The van der Waals surface area contributed by atoms with Crippen molar-refractivity contribution < 1.29 is 18.6 Å². The molecule has 1 atom stereocenters. The number of aliphatic hydroxyl groups excluding tert-OH is 1. The molecule has 0 radical (unpaired) electrons. The molecule has 0 aliphatic carbocycles. The highest BCUT2D eigenvalue weighted by atomic mass is 19.2. The molecule has 0 bridgehead atoms. The largest absolute Gasteiger partial charge is 0.495 e. The second-order valence-electron chi connectivity index (χ2n) is 3.32. The Kier molecular flexibility index (Phi) is 2.68. The van der Waals surface area contributed by atoms with Crippen LogP contribution in [0.2, 0.25) is 0 Å². The van der Waals surface area contributed by atoms with Crippen LogP contribution in [0.25, 0.3) is 0 Å². The standard InChI is InChI=1S/C11H10F2O2/c12-8-4-3-7(6-9(8)13)11(14)10-2-1-5-15-10/h2-4,6,11,14H,1,5H2. The summed E-state index contributed by atoms with van der Waals surface area (Å²) in [6.45, 7) is 0.524. The Morgan fingerprint density at radius 1 is 1.27 bits per heavy atom. The molecule has 1 aromatic carbocycles. The van der Waals surface area contributed by atoms with Crippen molar-refractivity contribution in [3.63, 3.8) is 0 Å². The summed E-state index contributed by atoms with van der Waals surface area (Å²) in [7, 11) is 0. The Bertz CT molecular complexity index is 402. The smallest absolute Gasteiger partial charge is 0.159 e. The van der Waals surface area contributed by atoms with Gasteiger partial charge in [0.15, 0.2) is 11.6 Å². The number of hydrogen-bond acceptors (Lipinski definition) is 2. The van der Waals surface area contributed by atoms with Gasteiger partial charge in [-0.1, -0.05) is 6.07 Å². The van der Waals surface area contributed by atoms with Crippen molar-refractivity contribution in [3.8, 4) is 0 Å². The van der Waals surface area contributed by atoms with Gasteiger partial charge in [0.25, 0.3) is 0 Å². The van der Waals surface area contributed by atoms with Crippen molar-refractivity contribution in [1.82, 2.24) is 0 Å². The number of rotatable bonds is 2. The SMILES string of the molecule is OC(C1=CCCO1)c1ccc(F)c(F)c1. The lowest BCUT2D eigenvalue weighted by Crippen LogP contribution is -2.03. The van der Waals surface area contributed by atoms with Crippen LogP contribution in [0.15, 0.2) is 30.0 Å². The van der Waals surface area contributed by atoms with E-state index >= 15 is 0 Å². The molecule has 1 aliphatic heterocycles. The van der Waals surface area contributed by atoms with Crippen LogP contribution in [0.3, 0.4) is 0 Å². The molecule has 0 spiro atoms. The highest BCUT2D eigenvalue weighted by molar-refractivity contribution is 5.25. The number of hydrogen-bond donors (Lipinski definition) is 1. The fourth-order valence-electron chi connectivity index (χ4n) is 1.47. The third-order valence-electron chi connectivity index (χ3n) is 2.26. The van der Waals surface area contributed by atoms with Crippen molar-refractivity contribution >= 4 is 0 Å². The van der Waals surface area contributed by atoms with Gasteiger partial charge in [0.05, 0.1) is 6.61 Å². The van der Waals surface area contributed by atoms with E-state index in [4.69, 9.17) is 4.74 Å². The van der Waals surface area contributed by atoms with E-state index in [-0.39, 0.29) is 0 Å². The van der Waals surface area contributed by atoms with Crippen LogP contribution >= 0.6 is 0 Å². The van der Waals surface area contributed by atoms with Crippen LogP contribution in [0.4, 0.5) is 8.78 Å². The van der Waals surface area contributed by atoms with E-state index in [0.717, 1.165) is 18.6 Å². The maximum Gasteiger partial charge on any atom is 0.159 e. The number of halogens is 2. The van der Waals surface area contributed by atoms with Gasteiger partial charge in [-0.05, 0) is 23.8 Å². The molecule has 0 amide bonds. The second kappa shape index (κ2) is 3.98. The lowest BCUT2D eigenvalue weighted by Gasteiger charge is -2.12. The summed E-state index contributed by atoms with van der Waals surface area (Å²) in [6, 6.07) is 3.30. The molecule has 0 saturated heterocycles. The monoisotopic (exact) mass is 212 g/mol. The minimum atomic E-state index is -1.01. The molecule has 2 nitrogen and oxygen atoms in total. The molecule has 80 valence electrons. The van der Waals surface area contributed by atoms with Crippen LogP contribution in [0, 0.1) is 11.6 Å². The predicted octanol–water partition coefficient (Wildman–Crippen LogP) is 2.30. The number of ether oxygens (including phenoxy) is 1. The van der Waals surface area contributed by atoms with Crippen LogP contribution < -0.4 is 0 Å². The molecule has 1 aromatic rings. The van der Waals surface area contributed by atoms with Crippen molar-refractivity contribution in [2.45, 2.75) is 12.5 Å². The lowest BCUT2D eigenvalue weighted by molar-refractivity contribution is 0.118. The summed E-state index contributed by atoms with van der Waals surface area (Å²) >= 11 is 0. The van der Waals surface area contributed by atoms with Crippen LogP contribution in [0.5, 0.6) is 0 Å². The minimum absolute atomic E-state index is 0.294. The highest BCUT2D eigenvalue weighted by Gasteiger charge is 2.19. The molecule has 0 saturated carbocycles. The van der Waals surface area contributed by atoms with E-state index in [1.165, 1.54) is 6.07 Å². The zero-order chi connectivity index (χ0) is 10.8. The van der Waals surface area contributed by atoms with E-state index in [1.807, 2.05) is 0 Å². The van der Waals surface area contributed by atoms with Crippen molar-refractivity contribution in [2.75, 3.05) is 6.61 Å². The summed E-state index contributed by atoms with van der Waals surface area (Å²) in [5.41, 5.74) is 0.294. The summed E-state index contributed by atoms with van der Waals surface area (Å²) in [6.07, 6.45) is 1.46. The first-order chi connectivity index (χ1) is 7.18. The Labute approximate surface area is 85.8 Å². The zero-order valence-electron chi connectivity index (χ0n) is 7.91. The van der Waals surface area contributed by atoms with E-state index < -0.39 is 17.7 Å². The molecular formula is C11H10F2O2. The van der Waals surface area contributed by atoms with Gasteiger partial charge >= 0.3 is 0 Å². The molecule has 1 aliphatic rings. The van der Waals surface area contributed by atoms with Crippen molar-refractivity contribution in [2.24, 2.45) is 0 Å². The van der Waals surface area contributed by atoms with Crippen molar-refractivity contribution in [3.05, 3.63) is 47.2 Å². The van der Waals surface area contributed by atoms with Gasteiger partial charge in [-0.2, -0.15) is 0 Å². The van der Waals surface area contributed by atoms with Gasteiger partial charge in [0.2, 0.25) is 0 Å². The maximum atomic E-state index is 12.9. The van der Waals surface area contributed by atoms with Gasteiger partial charge in [-0.15, -0.1) is 0 Å². The molecule has 2 rings (SSSR count). The normalized spacial score (nSPS) is 17.1. The van der Waals surface area contributed by atoms with Gasteiger partial charge in [-0.3, -0.25) is 0 Å². The molecule has 1 heterocycles. The lowest BCUT2D eigenvalue weighted by atomic mass is 10.1. The molecule has 0 fully saturated rings. The zero-order valence-corrected chi connectivity index (χ0v) is 7.91. The first kappa shape index (κ1) is 10.1. The number of benzene rings is 1. The fraction of sp³-hybridized carbons (Fsp3) is 0.273. The molecule has 15 heavy (non-hydrogen) atoms. The highest BCUT2D eigenvalue weighted by Crippen LogP contribution is 2.26. The van der Waals surface area contributed by atoms with Gasteiger partial charge in [-0.25, -0.2) is 8.78 Å². The summed E-state index contributed by atoms with van der Waals surface area (Å²) in [4.78, 5) is 0. The first-order valence-electron chi connectivity index (χ1n) is 4.64. The second-order valence-corrected chi connectivity index (χ2v) is 3.32. The Morgan fingerprint density at radius 3 is 2.67 bits per heavy atom. The summed E-state index contributed by atoms with van der Waals surface area (Å²) in [5, 5.41) is 9.75. The molecule has 1 N–H and O–H groups in total. The Hall–Kier alpha value is -1.42. The van der Waals surface area contributed by atoms with Crippen molar-refractivity contribution in [1.29, 1.82) is 0 Å². The average molecular weight is 212 g/mol. The minimum Gasteiger partial charge on any atom is -0.495 e. The molecular weight excluding hydrogens is 202 g/mol. The topological polar surface area (TPSA) is 29.5 Å². The predicted molar refractivity (Wildman–Crippen MR) is 50.0 cm³/mol. The van der Waals surface area contributed by atoms with Crippen LogP contribution in [-0.2, 0) is 4.74 Å². The third-order valence-corrected chi connectivity index (χ3v) is 2.26. The first-order valence-corrected chi connectivity index (χ1v) is 4.64. The van der Waals surface area contributed by atoms with E-state index in [9.17, 15) is 13.9 Å². The molecule has 1 unspecified atom stereocenters. The van der Waals surface area contributed by atoms with Gasteiger partial charge in [0, 0.05) is 6.42 Å². The van der Waals surface area contributed by atoms with Crippen LogP contribution in [0.1, 0.15) is 18.1 Å². The molecule has 4 heteroatoms. The van der Waals surface area contributed by atoms with E-state index in [0.29, 0.717) is 17.9 Å². The Morgan fingerprint density at radius 2 is 2.07 bits per heavy atom. The van der Waals surface area contributed by atoms with Crippen LogP contribution in [-0.4, -0.2) is 11.7 Å². The number of aliphatic hydroxyl groups is 1. The fourth-order valence-corrected chi connectivity index (χ4v) is 1.47. The Balaban J connectivity index is 2.25. The maximum absolute atomic E-state index is 12.9. The molecule has 0 aromatic heterocycles. The summed E-state index contributed by atoms with van der Waals surface area (Å²) < 4.78 is 30.7. The average Bonchev–Trinajstić information content (AvgIpc) is 2.74. The van der Waals surface area contributed by atoms with E-state index in [2.05, 4.69) is 0 Å². The summed E-state index contributed by atoms with van der Waals surface area (Å²) in [5.74, 6) is -1.49.